The van der Waals surface area contributed by atoms with Crippen LogP contribution in [0.5, 0.6) is 0 Å². The van der Waals surface area contributed by atoms with Gasteiger partial charge in [-0.2, -0.15) is 0 Å². The maximum Gasteiger partial charge on any atom is 4.00 e. The number of carboxylic acid groups (broad SMARTS) is 8. The predicted octanol–water partition coefficient (Wildman–Crippen LogP) is -14.4. The third kappa shape index (κ3) is 49.5. The summed E-state index contributed by atoms with van der Waals surface area (Å²) in [5, 5.41) is 71.4. The van der Waals surface area contributed by atoms with E-state index in [2.05, 4.69) is 0 Å². The van der Waals surface area contributed by atoms with E-state index in [1.54, 1.807) is 0 Å². The van der Waals surface area contributed by atoms with E-state index in [1.165, 1.54) is 0 Å². The molecule has 0 spiro atoms. The van der Waals surface area contributed by atoms with Crippen molar-refractivity contribution in [3.63, 3.8) is 0 Å². The monoisotopic (exact) mass is 439 g/mol. The van der Waals surface area contributed by atoms with Crippen molar-refractivity contribution >= 4 is 99.1 Å². The fourth-order valence-corrected chi connectivity index (χ4v) is 0. The zero-order chi connectivity index (χ0) is 20.6. The third-order valence-corrected chi connectivity index (χ3v) is 0.667. The fraction of sp³-hybridized carbons (Fsp3) is 0. The molecule has 0 bridgehead atoms. The van der Waals surface area contributed by atoms with E-state index in [1.807, 2.05) is 0 Å². The van der Waals surface area contributed by atoms with E-state index in [-0.39, 0.29) is 73.1 Å². The van der Waals surface area contributed by atoms with E-state index < -0.39 is 47.8 Å². The Balaban J connectivity index is -0.0000000500. The summed E-state index contributed by atoms with van der Waals surface area (Å²) in [5.41, 5.74) is 0. The van der Waals surface area contributed by atoms with E-state index in [0.29, 0.717) is 0 Å². The molecule has 16 nitrogen and oxygen atoms in total. The average molecular weight is 439 g/mol. The molecule has 0 aromatic carbocycles. The summed E-state index contributed by atoms with van der Waals surface area (Å²) in [6.07, 6.45) is 0. The minimum Gasteiger partial charge on any atom is -0.543 e. The van der Waals surface area contributed by atoms with Crippen LogP contribution in [0.15, 0.2) is 0 Å². The SMILES string of the molecule is O=C([O-])C(=O)[O-].O=C([O-])C(=O)[O-].O=C([O-])C(=O)[O-].O=C([O-])C(=O)[O-].[K+4].[Ti+4]. The Morgan fingerprint density at radius 3 is 0.346 bits per heavy atom. The van der Waals surface area contributed by atoms with Crippen molar-refractivity contribution in [1.29, 1.82) is 0 Å². The van der Waals surface area contributed by atoms with Crippen LogP contribution in [0, 0.1) is 0 Å². The van der Waals surface area contributed by atoms with Gasteiger partial charge in [0.25, 0.3) is 0 Å². The van der Waals surface area contributed by atoms with Crippen molar-refractivity contribution in [1.82, 2.24) is 0 Å². The number of hydrogen-bond donors (Lipinski definition) is 0. The molecule has 0 rings (SSSR count). The molecule has 0 atom stereocenters. The van der Waals surface area contributed by atoms with Crippen molar-refractivity contribution < 1.29 is 101 Å². The second-order valence-electron chi connectivity index (χ2n) is 2.30. The maximum absolute atomic E-state index is 8.93. The molecule has 0 aliphatic rings. The number of hydrogen-bond acceptors (Lipinski definition) is 16. The Morgan fingerprint density at radius 2 is 0.346 bits per heavy atom. The minimum absolute atomic E-state index is 0. The maximum atomic E-state index is 8.93. The van der Waals surface area contributed by atoms with Crippen LogP contribution in [0.1, 0.15) is 0 Å². The number of rotatable bonds is 0. The summed E-state index contributed by atoms with van der Waals surface area (Å²) in [6, 6.07) is 0. The molecule has 0 saturated carbocycles. The van der Waals surface area contributed by atoms with Crippen molar-refractivity contribution in [2.75, 3.05) is 0 Å². The summed E-state index contributed by atoms with van der Waals surface area (Å²) < 4.78 is 0. The van der Waals surface area contributed by atoms with Crippen LogP contribution in [-0.2, 0) is 60.1 Å². The molecule has 26 heavy (non-hydrogen) atoms. The molecule has 0 amide bonds. The third-order valence-electron chi connectivity index (χ3n) is 0.667. The molecule has 0 N–H and O–H groups in total. The van der Waals surface area contributed by atoms with Crippen molar-refractivity contribution in [3.8, 4) is 0 Å². The molecule has 0 aromatic rings. The van der Waals surface area contributed by atoms with Gasteiger partial charge in [-0.3, -0.25) is 0 Å². The Morgan fingerprint density at radius 1 is 0.308 bits per heavy atom. The Hall–Kier alpha value is -1.89. The van der Waals surface area contributed by atoms with E-state index in [4.69, 9.17) is 79.2 Å². The van der Waals surface area contributed by atoms with Crippen LogP contribution >= 0.6 is 0 Å². The van der Waals surface area contributed by atoms with Gasteiger partial charge in [-0.1, -0.05) is 0 Å². The average Bonchev–Trinajstić information content (AvgIpc) is 2.40. The summed E-state index contributed by atoms with van der Waals surface area (Å²) in [6.45, 7) is 0. The van der Waals surface area contributed by atoms with Crippen LogP contribution in [0.2, 0.25) is 0 Å². The Bertz CT molecular complexity index is 394. The first-order valence-corrected chi connectivity index (χ1v) is 4.27. The summed E-state index contributed by atoms with van der Waals surface area (Å²) >= 11 is 0. The Kier molecular flexibility index (Phi) is 34.9. The molecule has 133 valence electrons. The topological polar surface area (TPSA) is 321 Å². The van der Waals surface area contributed by atoms with Gasteiger partial charge in [-0.15, -0.1) is 0 Å². The van der Waals surface area contributed by atoms with Crippen molar-refractivity contribution in [3.05, 3.63) is 0 Å². The van der Waals surface area contributed by atoms with Gasteiger partial charge < -0.3 is 79.2 Å². The van der Waals surface area contributed by atoms with E-state index in [0.717, 1.165) is 0 Å². The standard InChI is InChI=1S/4C2H2O4.K.Ti/c4*3-1(4)2(5)6;;/h4*(H,3,4)(H,5,6);;/q;;;;2*+4/p-8. The zero-order valence-corrected chi connectivity index (χ0v) is 16.7. The van der Waals surface area contributed by atoms with Gasteiger partial charge in [0.15, 0.2) is 0 Å². The van der Waals surface area contributed by atoms with Crippen molar-refractivity contribution in [2.24, 2.45) is 0 Å². The number of carbonyl (C=O) groups is 8. The molecule has 0 fully saturated rings. The number of aliphatic carboxylic acids is 8. The van der Waals surface area contributed by atoms with Gasteiger partial charge in [-0.05, 0) is 0 Å². The second kappa shape index (κ2) is 23.1. The zero-order valence-electron chi connectivity index (χ0n) is 12.0. The molecule has 0 unspecified atom stereocenters. The molecule has 0 aliphatic carbocycles. The normalized spacial score (nSPS) is 6.77. The van der Waals surface area contributed by atoms with Crippen LogP contribution in [0.4, 0.5) is 0 Å². The van der Waals surface area contributed by atoms with Crippen LogP contribution in [0.25, 0.3) is 0 Å². The first-order chi connectivity index (χ1) is 10.6. The van der Waals surface area contributed by atoms with Crippen molar-refractivity contribution in [2.45, 2.75) is 0 Å². The molecule has 0 saturated heterocycles. The first-order valence-electron chi connectivity index (χ1n) is 4.27. The molecule has 18 heteroatoms. The van der Waals surface area contributed by atoms with Gasteiger partial charge in [0.2, 0.25) is 0 Å². The van der Waals surface area contributed by atoms with Crippen LogP contribution in [0.3, 0.4) is 0 Å². The summed E-state index contributed by atoms with van der Waals surface area (Å²) in [4.78, 5) is 71.4. The minimum atomic E-state index is -2.19. The number of carbonyl (C=O) groups excluding carboxylic acids is 8. The summed E-state index contributed by atoms with van der Waals surface area (Å²) in [5.74, 6) is -17.5. The Labute approximate surface area is 198 Å². The van der Waals surface area contributed by atoms with Crippen LogP contribution < -0.4 is 40.9 Å². The van der Waals surface area contributed by atoms with Gasteiger partial charge >= 0.3 is 73.1 Å². The molecule has 11 radical (unpaired) electrons. The fourth-order valence-electron chi connectivity index (χ4n) is 0. The molecular formula is C8KO16Ti. The largest absolute Gasteiger partial charge is 4.00 e. The second-order valence-corrected chi connectivity index (χ2v) is 2.30. The molecular weight excluding hydrogens is 439 g/mol. The predicted molar refractivity (Wildman–Crippen MR) is 45.8 cm³/mol. The van der Waals surface area contributed by atoms with E-state index in [9.17, 15) is 0 Å². The van der Waals surface area contributed by atoms with Gasteiger partial charge in [0, 0.05) is 0 Å². The molecule has 0 heterocycles. The quantitative estimate of drug-likeness (QED) is 0.250. The first kappa shape index (κ1) is 39.3. The summed E-state index contributed by atoms with van der Waals surface area (Å²) in [7, 11) is 0. The van der Waals surface area contributed by atoms with Gasteiger partial charge in [0.05, 0.1) is 47.8 Å². The van der Waals surface area contributed by atoms with Gasteiger partial charge in [-0.25, -0.2) is 0 Å². The smallest absolute Gasteiger partial charge is 0.543 e. The molecule has 0 aromatic heterocycles. The van der Waals surface area contributed by atoms with E-state index >= 15 is 0 Å². The van der Waals surface area contributed by atoms with Gasteiger partial charge in [0.1, 0.15) is 0 Å². The van der Waals surface area contributed by atoms with Crippen LogP contribution in [-0.4, -0.2) is 99.1 Å². The molecule has 0 aliphatic heterocycles. The number of carboxylic acids is 8.